The molecule has 57 heavy (non-hydrogen) atoms. The van der Waals surface area contributed by atoms with Crippen LogP contribution in [0.25, 0.3) is 11.1 Å². The summed E-state index contributed by atoms with van der Waals surface area (Å²) in [6, 6.07) is 5.60. The number of nitrogens with zero attached hydrogens (tertiary/aromatic N) is 1. The van der Waals surface area contributed by atoms with E-state index in [0.29, 0.717) is 56.7 Å². The third kappa shape index (κ3) is 13.9. The molecule has 4 rings (SSSR count). The van der Waals surface area contributed by atoms with Crippen LogP contribution in [0.5, 0.6) is 0 Å². The van der Waals surface area contributed by atoms with E-state index in [1.165, 1.54) is 24.3 Å². The number of ether oxygens (including phenoxy) is 2. The number of alkyl carbamates (subject to hydrolysis) is 1. The average Bonchev–Trinajstić information content (AvgIpc) is 3.14. The second-order valence-corrected chi connectivity index (χ2v) is 15.1. The maximum absolute atomic E-state index is 14.3. The molecule has 0 bridgehead atoms. The Morgan fingerprint density at radius 1 is 0.842 bits per heavy atom. The molecule has 2 aromatic carbocycles. The molecule has 314 valence electrons. The Morgan fingerprint density at radius 2 is 1.47 bits per heavy atom. The van der Waals surface area contributed by atoms with Crippen molar-refractivity contribution in [2.75, 3.05) is 45.9 Å². The predicted molar refractivity (Wildman–Crippen MR) is 195 cm³/mol. The molecule has 4 N–H and O–H groups in total. The normalized spacial score (nSPS) is 20.9. The van der Waals surface area contributed by atoms with Gasteiger partial charge in [0.25, 0.3) is 0 Å². The molecule has 2 aliphatic rings. The minimum Gasteiger partial charge on any atom is -0.460 e. The third-order valence-corrected chi connectivity index (χ3v) is 9.46. The molecule has 18 heteroatoms. The smallest absolute Gasteiger partial charge is 0.416 e. The van der Waals surface area contributed by atoms with E-state index >= 15 is 0 Å². The molecule has 0 aromatic heterocycles. The van der Waals surface area contributed by atoms with Gasteiger partial charge in [-0.2, -0.15) is 26.3 Å². The molecule has 0 radical (unpaired) electrons. The molecule has 2 aromatic rings. The van der Waals surface area contributed by atoms with Crippen LogP contribution in [0, 0.1) is 11.8 Å². The second kappa shape index (κ2) is 19.5. The number of carbonyl (C=O) groups excluding carboxylic acids is 5. The van der Waals surface area contributed by atoms with Crippen molar-refractivity contribution < 1.29 is 59.8 Å². The molecule has 0 unspecified atom stereocenters. The van der Waals surface area contributed by atoms with Gasteiger partial charge in [-0.3, -0.25) is 19.2 Å². The summed E-state index contributed by atoms with van der Waals surface area (Å²) >= 11 is 0. The summed E-state index contributed by atoms with van der Waals surface area (Å²) in [5, 5.41) is 11.1. The van der Waals surface area contributed by atoms with E-state index in [-0.39, 0.29) is 68.5 Å². The van der Waals surface area contributed by atoms with Crippen molar-refractivity contribution in [3.63, 3.8) is 0 Å². The van der Waals surface area contributed by atoms with E-state index in [2.05, 4.69) is 21.3 Å². The van der Waals surface area contributed by atoms with Crippen molar-refractivity contribution in [2.45, 2.75) is 83.3 Å². The molecule has 0 aliphatic carbocycles. The van der Waals surface area contributed by atoms with Gasteiger partial charge in [-0.15, -0.1) is 0 Å². The Hall–Kier alpha value is -4.87. The highest BCUT2D eigenvalue weighted by Crippen LogP contribution is 2.39. The third-order valence-electron chi connectivity index (χ3n) is 9.46. The summed E-state index contributed by atoms with van der Waals surface area (Å²) in [6.45, 7) is 6.86. The van der Waals surface area contributed by atoms with Crippen molar-refractivity contribution in [1.29, 1.82) is 0 Å². The summed E-state index contributed by atoms with van der Waals surface area (Å²) in [7, 11) is 0. The van der Waals surface area contributed by atoms with Crippen LogP contribution in [0.2, 0.25) is 0 Å². The van der Waals surface area contributed by atoms with Crippen LogP contribution in [0.3, 0.4) is 0 Å². The molecule has 2 fully saturated rings. The Bertz CT molecular complexity index is 1690. The molecular weight excluding hydrogens is 764 g/mol. The highest BCUT2D eigenvalue weighted by atomic mass is 19.4. The zero-order chi connectivity index (χ0) is 42.0. The number of rotatable bonds is 7. The van der Waals surface area contributed by atoms with Crippen LogP contribution in [0.1, 0.15) is 69.6 Å². The number of alkyl halides is 6. The number of piperazine rings is 1. The molecule has 12 nitrogen and oxygen atoms in total. The van der Waals surface area contributed by atoms with Crippen LogP contribution in [0.15, 0.2) is 42.5 Å². The Balaban J connectivity index is 1.67. The number of amides is 4. The second-order valence-electron chi connectivity index (χ2n) is 15.1. The lowest BCUT2D eigenvalue weighted by Gasteiger charge is -2.30. The quantitative estimate of drug-likeness (QED) is 0.219. The minimum atomic E-state index is -5.05. The molecule has 0 saturated carbocycles. The Morgan fingerprint density at radius 3 is 2.07 bits per heavy atom. The largest absolute Gasteiger partial charge is 0.460 e. The monoisotopic (exact) mass is 813 g/mol. The highest BCUT2D eigenvalue weighted by molar-refractivity contribution is 5.92. The maximum atomic E-state index is 14.3. The van der Waals surface area contributed by atoms with E-state index in [9.17, 15) is 50.3 Å². The summed E-state index contributed by atoms with van der Waals surface area (Å²) in [5.74, 6) is -4.77. The molecule has 0 spiro atoms. The summed E-state index contributed by atoms with van der Waals surface area (Å²) < 4.78 is 92.5. The Labute approximate surface area is 326 Å². The van der Waals surface area contributed by atoms with Crippen LogP contribution in [-0.2, 0) is 47.4 Å². The molecular formula is C39H49F6N5O7. The van der Waals surface area contributed by atoms with Gasteiger partial charge in [0.05, 0.1) is 36.1 Å². The van der Waals surface area contributed by atoms with Gasteiger partial charge >= 0.3 is 24.4 Å². The number of halogens is 6. The van der Waals surface area contributed by atoms with Gasteiger partial charge in [-0.05, 0) is 94.2 Å². The number of cyclic esters (lactones) is 1. The fourth-order valence-corrected chi connectivity index (χ4v) is 6.53. The van der Waals surface area contributed by atoms with Gasteiger partial charge in [0.2, 0.25) is 17.7 Å². The van der Waals surface area contributed by atoms with Gasteiger partial charge in [-0.25, -0.2) is 4.79 Å². The number of hydrogen-bond acceptors (Lipinski definition) is 8. The van der Waals surface area contributed by atoms with Gasteiger partial charge in [-0.1, -0.05) is 24.3 Å². The number of benzene rings is 2. The van der Waals surface area contributed by atoms with Gasteiger partial charge in [0, 0.05) is 32.7 Å². The molecule has 4 amide bonds. The average molecular weight is 814 g/mol. The summed E-state index contributed by atoms with van der Waals surface area (Å²) in [4.78, 5) is 68.4. The first-order valence-electron chi connectivity index (χ1n) is 18.8. The number of hydrogen-bond donors (Lipinski definition) is 4. The number of nitrogens with one attached hydrogen (secondary N) is 4. The minimum absolute atomic E-state index is 0.00112. The fraction of sp³-hybridized carbons (Fsp3) is 0.564. The van der Waals surface area contributed by atoms with Crippen LogP contribution in [0.4, 0.5) is 31.1 Å². The van der Waals surface area contributed by atoms with Crippen LogP contribution in [-0.4, -0.2) is 92.2 Å². The van der Waals surface area contributed by atoms with E-state index in [4.69, 9.17) is 9.47 Å². The lowest BCUT2D eigenvalue weighted by Crippen LogP contribution is -2.53. The van der Waals surface area contributed by atoms with E-state index < -0.39 is 70.8 Å². The van der Waals surface area contributed by atoms with Crippen molar-refractivity contribution in [1.82, 2.24) is 26.2 Å². The molecule has 3 atom stereocenters. The summed E-state index contributed by atoms with van der Waals surface area (Å²) in [6.07, 6.45) is -9.93. The zero-order valence-corrected chi connectivity index (χ0v) is 32.0. The lowest BCUT2D eigenvalue weighted by atomic mass is 9.82. The fourth-order valence-electron chi connectivity index (χ4n) is 6.53. The molecule has 2 aliphatic heterocycles. The van der Waals surface area contributed by atoms with Gasteiger partial charge in [0.15, 0.2) is 0 Å². The standard InChI is InChI=1S/C39H49F6N5O7/c1-37(2,3)57-35(54)29-7-6-18-56-36(55)47-13-5-4-8-31(34(53)48-23-32(51)50-16-14-46-15-17-50)49-33(52)30(29)19-24-9-11-25(12-10-24)26-20-27(38(40,41)42)22-28(21-26)39(43,44)45/h9-12,20-22,29-31,46H,4-8,13-19,23H2,1-3H3,(H,47,55)(H,48,53)(H,49,52)/t29-,30+,31-/m0/s1. The first kappa shape index (κ1) is 44.8. The van der Waals surface area contributed by atoms with Gasteiger partial charge < -0.3 is 35.6 Å². The lowest BCUT2D eigenvalue weighted by molar-refractivity contribution is -0.164. The zero-order valence-electron chi connectivity index (χ0n) is 32.0. The number of carbonyl (C=O) groups is 5. The highest BCUT2D eigenvalue weighted by Gasteiger charge is 2.39. The number of esters is 1. The van der Waals surface area contributed by atoms with Crippen molar-refractivity contribution in [3.8, 4) is 11.1 Å². The molecule has 2 saturated heterocycles. The topological polar surface area (TPSA) is 155 Å². The maximum Gasteiger partial charge on any atom is 0.416 e. The van der Waals surface area contributed by atoms with Crippen LogP contribution < -0.4 is 21.3 Å². The van der Waals surface area contributed by atoms with Crippen LogP contribution >= 0.6 is 0 Å². The van der Waals surface area contributed by atoms with Gasteiger partial charge in [0.1, 0.15) is 11.6 Å². The SMILES string of the molecule is CC(C)(C)OC(=O)[C@H]1CCCOC(=O)NCCCC[C@@H](C(=O)NCC(=O)N2CCNCC2)NC(=O)[C@@H]1Cc1ccc(-c2cc(C(F)(F)F)cc(C(F)(F)F)c2)cc1. The Kier molecular flexibility index (Phi) is 15.4. The van der Waals surface area contributed by atoms with Crippen molar-refractivity contribution in [2.24, 2.45) is 11.8 Å². The first-order valence-corrected chi connectivity index (χ1v) is 18.8. The van der Waals surface area contributed by atoms with E-state index in [0.717, 1.165) is 0 Å². The summed E-state index contributed by atoms with van der Waals surface area (Å²) in [5.41, 5.74) is -3.84. The van der Waals surface area contributed by atoms with Crippen molar-refractivity contribution in [3.05, 3.63) is 59.2 Å². The molecule has 2 heterocycles. The first-order chi connectivity index (χ1) is 26.7. The predicted octanol–water partition coefficient (Wildman–Crippen LogP) is 5.23. The van der Waals surface area contributed by atoms with E-state index in [1.807, 2.05) is 0 Å². The van der Waals surface area contributed by atoms with Crippen molar-refractivity contribution >= 4 is 29.8 Å². The van der Waals surface area contributed by atoms with E-state index in [1.54, 1.807) is 25.7 Å².